The summed E-state index contributed by atoms with van der Waals surface area (Å²) in [4.78, 5) is 18.5. The van der Waals surface area contributed by atoms with Gasteiger partial charge >= 0.3 is 0 Å². The number of piperazine rings is 1. The highest BCUT2D eigenvalue weighted by Crippen LogP contribution is 2.31. The van der Waals surface area contributed by atoms with Crippen LogP contribution in [0.5, 0.6) is 5.75 Å². The third-order valence-electron chi connectivity index (χ3n) is 5.95. The van der Waals surface area contributed by atoms with Gasteiger partial charge in [-0.2, -0.15) is 0 Å². The molecular formula is C20H29N3O2. The fraction of sp³-hybridized carbons (Fsp3) is 0.650. The minimum Gasteiger partial charge on any atom is -0.492 e. The van der Waals surface area contributed by atoms with Crippen molar-refractivity contribution in [2.75, 3.05) is 39.3 Å². The molecule has 4 rings (SSSR count). The predicted molar refractivity (Wildman–Crippen MR) is 97.5 cm³/mol. The van der Waals surface area contributed by atoms with Crippen molar-refractivity contribution in [3.05, 3.63) is 29.3 Å². The molecule has 0 atom stereocenters. The highest BCUT2D eigenvalue weighted by atomic mass is 16.5. The van der Waals surface area contributed by atoms with Gasteiger partial charge in [0.05, 0.1) is 0 Å². The smallest absolute Gasteiger partial charge is 0.219 e. The van der Waals surface area contributed by atoms with Gasteiger partial charge in [-0.05, 0) is 30.5 Å². The average molecular weight is 343 g/mol. The first-order valence-electron chi connectivity index (χ1n) is 9.65. The topological polar surface area (TPSA) is 36.0 Å². The van der Waals surface area contributed by atoms with Crippen LogP contribution in [0.3, 0.4) is 0 Å². The Morgan fingerprint density at radius 3 is 2.64 bits per heavy atom. The van der Waals surface area contributed by atoms with E-state index in [2.05, 4.69) is 28.0 Å². The maximum Gasteiger partial charge on any atom is 0.219 e. The van der Waals surface area contributed by atoms with Gasteiger partial charge in [0.1, 0.15) is 12.4 Å². The zero-order valence-corrected chi connectivity index (χ0v) is 15.2. The minimum atomic E-state index is 0.193. The summed E-state index contributed by atoms with van der Waals surface area (Å²) in [7, 11) is 0. The first-order valence-corrected chi connectivity index (χ1v) is 9.65. The quantitative estimate of drug-likeness (QED) is 0.842. The van der Waals surface area contributed by atoms with Crippen molar-refractivity contribution in [1.82, 2.24) is 14.7 Å². The summed E-state index contributed by atoms with van der Waals surface area (Å²) in [6.45, 7) is 9.10. The summed E-state index contributed by atoms with van der Waals surface area (Å²) in [6, 6.07) is 7.46. The average Bonchev–Trinajstić information content (AvgIpc) is 2.75. The van der Waals surface area contributed by atoms with Crippen LogP contribution in [-0.2, 0) is 17.9 Å². The van der Waals surface area contributed by atoms with Crippen LogP contribution in [0.1, 0.15) is 37.3 Å². The van der Waals surface area contributed by atoms with E-state index in [4.69, 9.17) is 4.74 Å². The summed E-state index contributed by atoms with van der Waals surface area (Å²) in [5.74, 6) is 1.25. The van der Waals surface area contributed by atoms with Gasteiger partial charge in [0.25, 0.3) is 0 Å². The first kappa shape index (κ1) is 16.9. The van der Waals surface area contributed by atoms with Gasteiger partial charge in [0.15, 0.2) is 0 Å². The third-order valence-corrected chi connectivity index (χ3v) is 5.95. The van der Waals surface area contributed by atoms with Crippen LogP contribution in [0.25, 0.3) is 0 Å². The maximum atomic E-state index is 11.5. The number of fused-ring (bicyclic) bond motifs is 1. The second-order valence-corrected chi connectivity index (χ2v) is 7.63. The molecule has 3 aliphatic rings. The molecule has 0 radical (unpaired) electrons. The highest BCUT2D eigenvalue weighted by Gasteiger charge is 2.27. The minimum absolute atomic E-state index is 0.193. The summed E-state index contributed by atoms with van der Waals surface area (Å²) in [5, 5.41) is 0. The van der Waals surface area contributed by atoms with E-state index in [9.17, 15) is 4.79 Å². The van der Waals surface area contributed by atoms with Crippen molar-refractivity contribution in [1.29, 1.82) is 0 Å². The van der Waals surface area contributed by atoms with Crippen molar-refractivity contribution in [3.63, 3.8) is 0 Å². The van der Waals surface area contributed by atoms with Crippen LogP contribution in [0.15, 0.2) is 18.2 Å². The number of ether oxygens (including phenoxy) is 1. The second kappa shape index (κ2) is 7.34. The molecule has 0 bridgehead atoms. The lowest BCUT2D eigenvalue weighted by Gasteiger charge is -2.36. The van der Waals surface area contributed by atoms with Gasteiger partial charge < -0.3 is 9.64 Å². The monoisotopic (exact) mass is 343 g/mol. The summed E-state index contributed by atoms with van der Waals surface area (Å²) < 4.78 is 5.98. The van der Waals surface area contributed by atoms with E-state index in [1.807, 2.05) is 4.90 Å². The molecule has 2 heterocycles. The van der Waals surface area contributed by atoms with Gasteiger partial charge in [0, 0.05) is 64.3 Å². The fourth-order valence-corrected chi connectivity index (χ4v) is 4.11. The number of amides is 1. The molecule has 0 unspecified atom stereocenters. The Kier molecular flexibility index (Phi) is 4.95. The Morgan fingerprint density at radius 1 is 1.16 bits per heavy atom. The first-order chi connectivity index (χ1) is 12.2. The van der Waals surface area contributed by atoms with E-state index in [0.29, 0.717) is 0 Å². The summed E-state index contributed by atoms with van der Waals surface area (Å²) in [6.07, 6.45) is 4.06. The van der Waals surface area contributed by atoms with Crippen molar-refractivity contribution in [2.24, 2.45) is 0 Å². The van der Waals surface area contributed by atoms with Gasteiger partial charge in [-0.15, -0.1) is 0 Å². The van der Waals surface area contributed by atoms with Gasteiger partial charge in [0.2, 0.25) is 5.91 Å². The maximum absolute atomic E-state index is 11.5. The lowest BCUT2D eigenvalue weighted by Crippen LogP contribution is -2.47. The van der Waals surface area contributed by atoms with Crippen LogP contribution < -0.4 is 4.74 Å². The van der Waals surface area contributed by atoms with Gasteiger partial charge in [-0.3, -0.25) is 14.6 Å². The summed E-state index contributed by atoms with van der Waals surface area (Å²) in [5.41, 5.74) is 2.69. The number of benzene rings is 1. The van der Waals surface area contributed by atoms with Crippen molar-refractivity contribution < 1.29 is 9.53 Å². The van der Waals surface area contributed by atoms with E-state index in [0.717, 1.165) is 64.2 Å². The van der Waals surface area contributed by atoms with Crippen molar-refractivity contribution in [2.45, 2.75) is 45.3 Å². The van der Waals surface area contributed by atoms with Crippen LogP contribution in [0, 0.1) is 0 Å². The fourth-order valence-electron chi connectivity index (χ4n) is 4.11. The Balaban J connectivity index is 1.40. The number of rotatable bonds is 3. The van der Waals surface area contributed by atoms with E-state index in [1.54, 1.807) is 6.92 Å². The number of hydrogen-bond acceptors (Lipinski definition) is 4. The SMILES string of the molecule is CC(=O)N1CCN(Cc2ccc3c(c2)CN(C2CCC2)CCO3)CC1. The molecule has 0 N–H and O–H groups in total. The number of carbonyl (C=O) groups is 1. The molecule has 1 amide bonds. The molecule has 1 saturated heterocycles. The van der Waals surface area contributed by atoms with Gasteiger partial charge in [-0.25, -0.2) is 0 Å². The number of carbonyl (C=O) groups excluding carboxylic acids is 1. The van der Waals surface area contributed by atoms with E-state index in [1.165, 1.54) is 30.4 Å². The third kappa shape index (κ3) is 3.82. The highest BCUT2D eigenvalue weighted by molar-refractivity contribution is 5.73. The molecular weight excluding hydrogens is 314 g/mol. The van der Waals surface area contributed by atoms with Gasteiger partial charge in [-0.1, -0.05) is 12.5 Å². The standard InChI is InChI=1S/C20H29N3O2/c1-16(24)22-9-7-21(8-10-22)14-17-5-6-20-18(13-17)15-23(11-12-25-20)19-3-2-4-19/h5-6,13,19H,2-4,7-12,14-15H2,1H3. The Bertz CT molecular complexity index is 621. The van der Waals surface area contributed by atoms with Crippen molar-refractivity contribution in [3.8, 4) is 5.75 Å². The molecule has 1 saturated carbocycles. The predicted octanol–water partition coefficient (Wildman–Crippen LogP) is 2.10. The lowest BCUT2D eigenvalue weighted by atomic mass is 9.91. The molecule has 25 heavy (non-hydrogen) atoms. The zero-order valence-electron chi connectivity index (χ0n) is 15.2. The molecule has 0 aromatic heterocycles. The normalized spacial score (nSPS) is 22.7. The van der Waals surface area contributed by atoms with Crippen LogP contribution in [-0.4, -0.2) is 66.0 Å². The Hall–Kier alpha value is -1.59. The lowest BCUT2D eigenvalue weighted by molar-refractivity contribution is -0.130. The van der Waals surface area contributed by atoms with Crippen molar-refractivity contribution >= 4 is 5.91 Å². The van der Waals surface area contributed by atoms with E-state index in [-0.39, 0.29) is 5.91 Å². The van der Waals surface area contributed by atoms with Crippen LogP contribution in [0.4, 0.5) is 0 Å². The molecule has 136 valence electrons. The molecule has 2 aliphatic heterocycles. The molecule has 1 aromatic rings. The second-order valence-electron chi connectivity index (χ2n) is 7.63. The Morgan fingerprint density at radius 2 is 1.96 bits per heavy atom. The molecule has 5 heteroatoms. The molecule has 2 fully saturated rings. The summed E-state index contributed by atoms with van der Waals surface area (Å²) >= 11 is 0. The van der Waals surface area contributed by atoms with E-state index >= 15 is 0 Å². The Labute approximate surface area is 150 Å². The zero-order chi connectivity index (χ0) is 17.2. The largest absolute Gasteiger partial charge is 0.492 e. The molecule has 1 aliphatic carbocycles. The number of nitrogens with zero attached hydrogens (tertiary/aromatic N) is 3. The van der Waals surface area contributed by atoms with Crippen LogP contribution in [0.2, 0.25) is 0 Å². The van der Waals surface area contributed by atoms with E-state index < -0.39 is 0 Å². The molecule has 5 nitrogen and oxygen atoms in total. The molecule has 0 spiro atoms. The number of hydrogen-bond donors (Lipinski definition) is 0. The molecule has 1 aromatic carbocycles. The van der Waals surface area contributed by atoms with Crippen LogP contribution >= 0.6 is 0 Å².